The van der Waals surface area contributed by atoms with Crippen molar-refractivity contribution in [2.45, 2.75) is 13.0 Å². The highest BCUT2D eigenvalue weighted by atomic mass is 16.6. The van der Waals surface area contributed by atoms with Crippen molar-refractivity contribution < 1.29 is 14.3 Å². The maximum atomic E-state index is 12.1. The zero-order valence-corrected chi connectivity index (χ0v) is 15.4. The van der Waals surface area contributed by atoms with Gasteiger partial charge in [-0.15, -0.1) is 0 Å². The van der Waals surface area contributed by atoms with E-state index in [4.69, 9.17) is 9.47 Å². The second kappa shape index (κ2) is 7.92. The third kappa shape index (κ3) is 4.01. The number of rotatable bonds is 5. The van der Waals surface area contributed by atoms with E-state index in [2.05, 4.69) is 4.99 Å². The smallest absolute Gasteiger partial charge is 0.363 e. The zero-order valence-electron chi connectivity index (χ0n) is 15.4. The molecular formula is C24H19NO3. The highest BCUT2D eigenvalue weighted by Gasteiger charge is 2.23. The van der Waals surface area contributed by atoms with Crippen LogP contribution in [0.15, 0.2) is 95.6 Å². The SMILES string of the molecule is C[C@H](Oc1ccc(/C=C2/N=C(c3ccccc3)OC2=O)cc1)c1ccccc1. The van der Waals surface area contributed by atoms with Crippen molar-refractivity contribution in [2.75, 3.05) is 0 Å². The molecule has 0 aromatic heterocycles. The number of carbonyl (C=O) groups is 1. The lowest BCUT2D eigenvalue weighted by Gasteiger charge is -2.15. The number of benzene rings is 3. The van der Waals surface area contributed by atoms with Gasteiger partial charge in [-0.3, -0.25) is 0 Å². The molecule has 1 aliphatic rings. The fourth-order valence-electron chi connectivity index (χ4n) is 2.91. The molecule has 3 aromatic carbocycles. The van der Waals surface area contributed by atoms with Crippen LogP contribution in [0.1, 0.15) is 29.7 Å². The fourth-order valence-corrected chi connectivity index (χ4v) is 2.91. The number of cyclic esters (lactones) is 1. The number of carbonyl (C=O) groups excluding carboxylic acids is 1. The lowest BCUT2D eigenvalue weighted by atomic mass is 10.1. The molecule has 0 spiro atoms. The lowest BCUT2D eigenvalue weighted by molar-refractivity contribution is -0.129. The highest BCUT2D eigenvalue weighted by molar-refractivity contribution is 6.12. The number of aliphatic imine (C=N–C) groups is 1. The van der Waals surface area contributed by atoms with Crippen LogP contribution in [-0.4, -0.2) is 11.9 Å². The predicted octanol–water partition coefficient (Wildman–Crippen LogP) is 5.17. The van der Waals surface area contributed by atoms with Gasteiger partial charge in [0.2, 0.25) is 5.90 Å². The molecule has 0 bridgehead atoms. The Balaban J connectivity index is 1.48. The molecule has 0 saturated heterocycles. The van der Waals surface area contributed by atoms with E-state index in [-0.39, 0.29) is 11.8 Å². The second-order valence-corrected chi connectivity index (χ2v) is 6.44. The van der Waals surface area contributed by atoms with Crippen LogP contribution in [-0.2, 0) is 9.53 Å². The number of esters is 1. The number of nitrogens with zero attached hydrogens (tertiary/aromatic N) is 1. The summed E-state index contributed by atoms with van der Waals surface area (Å²) in [5, 5.41) is 0. The molecule has 1 atom stereocenters. The van der Waals surface area contributed by atoms with Crippen molar-refractivity contribution in [3.63, 3.8) is 0 Å². The summed E-state index contributed by atoms with van der Waals surface area (Å²) in [7, 11) is 0. The average molecular weight is 369 g/mol. The maximum absolute atomic E-state index is 12.1. The van der Waals surface area contributed by atoms with Crippen LogP contribution in [0.25, 0.3) is 6.08 Å². The molecule has 1 aliphatic heterocycles. The zero-order chi connectivity index (χ0) is 19.3. The van der Waals surface area contributed by atoms with Gasteiger partial charge in [0, 0.05) is 5.56 Å². The molecule has 4 nitrogen and oxygen atoms in total. The van der Waals surface area contributed by atoms with Crippen molar-refractivity contribution in [1.82, 2.24) is 0 Å². The van der Waals surface area contributed by atoms with Gasteiger partial charge in [-0.25, -0.2) is 9.79 Å². The van der Waals surface area contributed by atoms with Crippen molar-refractivity contribution in [2.24, 2.45) is 4.99 Å². The summed E-state index contributed by atoms with van der Waals surface area (Å²) in [5.74, 6) is 0.645. The third-order valence-corrected chi connectivity index (χ3v) is 4.41. The van der Waals surface area contributed by atoms with E-state index in [1.54, 1.807) is 6.08 Å². The molecule has 138 valence electrons. The predicted molar refractivity (Wildman–Crippen MR) is 109 cm³/mol. The molecule has 3 aromatic rings. The molecule has 0 aliphatic carbocycles. The normalized spacial score (nSPS) is 15.8. The molecule has 0 radical (unpaired) electrons. The van der Waals surface area contributed by atoms with E-state index in [0.717, 1.165) is 22.4 Å². The number of hydrogen-bond donors (Lipinski definition) is 0. The molecule has 0 amide bonds. The first-order valence-corrected chi connectivity index (χ1v) is 9.09. The van der Waals surface area contributed by atoms with Gasteiger partial charge in [0.1, 0.15) is 11.9 Å². The summed E-state index contributed by atoms with van der Waals surface area (Å²) in [6.07, 6.45) is 1.66. The Hall–Kier alpha value is -3.66. The Morgan fingerprint density at radius 2 is 1.54 bits per heavy atom. The van der Waals surface area contributed by atoms with Gasteiger partial charge in [0.25, 0.3) is 0 Å². The highest BCUT2D eigenvalue weighted by Crippen LogP contribution is 2.24. The van der Waals surface area contributed by atoms with Gasteiger partial charge in [-0.05, 0) is 48.4 Å². The molecule has 1 heterocycles. The Kier molecular flexibility index (Phi) is 5.02. The van der Waals surface area contributed by atoms with E-state index in [0.29, 0.717) is 5.90 Å². The fraction of sp³-hybridized carbons (Fsp3) is 0.0833. The van der Waals surface area contributed by atoms with E-state index in [1.807, 2.05) is 91.9 Å². The lowest BCUT2D eigenvalue weighted by Crippen LogP contribution is -2.04. The molecule has 0 saturated carbocycles. The summed E-state index contributed by atoms with van der Waals surface area (Å²) >= 11 is 0. The molecule has 0 fully saturated rings. The second-order valence-electron chi connectivity index (χ2n) is 6.44. The maximum Gasteiger partial charge on any atom is 0.363 e. The van der Waals surface area contributed by atoms with Crippen molar-refractivity contribution in [3.05, 3.63) is 107 Å². The average Bonchev–Trinajstić information content (AvgIpc) is 3.11. The van der Waals surface area contributed by atoms with Gasteiger partial charge >= 0.3 is 5.97 Å². The van der Waals surface area contributed by atoms with Crippen LogP contribution in [0.5, 0.6) is 5.75 Å². The van der Waals surface area contributed by atoms with E-state index in [9.17, 15) is 4.79 Å². The molecular weight excluding hydrogens is 350 g/mol. The van der Waals surface area contributed by atoms with Gasteiger partial charge in [0.05, 0.1) is 0 Å². The van der Waals surface area contributed by atoms with E-state index < -0.39 is 5.97 Å². The monoisotopic (exact) mass is 369 g/mol. The minimum Gasteiger partial charge on any atom is -0.486 e. The number of hydrogen-bond acceptors (Lipinski definition) is 4. The Morgan fingerprint density at radius 3 is 2.21 bits per heavy atom. The summed E-state index contributed by atoms with van der Waals surface area (Å²) in [4.78, 5) is 16.4. The van der Waals surface area contributed by atoms with E-state index >= 15 is 0 Å². The van der Waals surface area contributed by atoms with Crippen LogP contribution in [0, 0.1) is 0 Å². The third-order valence-electron chi connectivity index (χ3n) is 4.41. The minimum atomic E-state index is -0.447. The quantitative estimate of drug-likeness (QED) is 0.460. The summed E-state index contributed by atoms with van der Waals surface area (Å²) in [6.45, 7) is 2.01. The number of ether oxygens (including phenoxy) is 2. The summed E-state index contributed by atoms with van der Waals surface area (Å²) < 4.78 is 11.3. The Bertz CT molecular complexity index is 1020. The van der Waals surface area contributed by atoms with Gasteiger partial charge < -0.3 is 9.47 Å². The first-order valence-electron chi connectivity index (χ1n) is 9.09. The van der Waals surface area contributed by atoms with Crippen LogP contribution in [0.3, 0.4) is 0 Å². The first kappa shape index (κ1) is 17.7. The summed E-state index contributed by atoms with van der Waals surface area (Å²) in [6, 6.07) is 27.0. The van der Waals surface area contributed by atoms with Crippen molar-refractivity contribution in [3.8, 4) is 5.75 Å². The van der Waals surface area contributed by atoms with Crippen LogP contribution < -0.4 is 4.74 Å². The molecule has 0 unspecified atom stereocenters. The van der Waals surface area contributed by atoms with Crippen molar-refractivity contribution in [1.29, 1.82) is 0 Å². The van der Waals surface area contributed by atoms with Crippen LogP contribution in [0.2, 0.25) is 0 Å². The summed E-state index contributed by atoms with van der Waals surface area (Å²) in [5.41, 5.74) is 3.03. The van der Waals surface area contributed by atoms with Crippen molar-refractivity contribution >= 4 is 17.9 Å². The topological polar surface area (TPSA) is 47.9 Å². The first-order chi connectivity index (χ1) is 13.7. The molecule has 28 heavy (non-hydrogen) atoms. The van der Waals surface area contributed by atoms with Crippen LogP contribution in [0.4, 0.5) is 0 Å². The van der Waals surface area contributed by atoms with Crippen LogP contribution >= 0.6 is 0 Å². The largest absolute Gasteiger partial charge is 0.486 e. The van der Waals surface area contributed by atoms with Gasteiger partial charge in [0.15, 0.2) is 5.70 Å². The molecule has 4 rings (SSSR count). The molecule has 0 N–H and O–H groups in total. The van der Waals surface area contributed by atoms with Gasteiger partial charge in [-0.1, -0.05) is 60.7 Å². The van der Waals surface area contributed by atoms with Gasteiger partial charge in [-0.2, -0.15) is 0 Å². The Labute approximate surface area is 163 Å². The standard InChI is InChI=1S/C24H19NO3/c1-17(19-8-4-2-5-9-19)27-21-14-12-18(13-15-21)16-22-24(26)28-23(25-22)20-10-6-3-7-11-20/h2-17H,1H3/b22-16+/t17-/m0/s1. The Morgan fingerprint density at radius 1 is 0.893 bits per heavy atom. The van der Waals surface area contributed by atoms with E-state index in [1.165, 1.54) is 0 Å². The minimum absolute atomic E-state index is 0.0479. The molecule has 4 heteroatoms.